The quantitative estimate of drug-likeness (QED) is 0.0915. The first-order chi connectivity index (χ1) is 24.0. The van der Waals surface area contributed by atoms with Gasteiger partial charge < -0.3 is 34.6 Å². The third-order valence-corrected chi connectivity index (χ3v) is 8.17. The highest BCUT2D eigenvalue weighted by Gasteiger charge is 2.37. The van der Waals surface area contributed by atoms with Crippen molar-refractivity contribution in [1.82, 2.24) is 15.6 Å². The van der Waals surface area contributed by atoms with Crippen molar-refractivity contribution in [3.05, 3.63) is 54.5 Å². The Hall–Kier alpha value is -5.54. The van der Waals surface area contributed by atoms with E-state index in [0.29, 0.717) is 0 Å². The average Bonchev–Trinajstić information content (AvgIpc) is 3.04. The maximum absolute atomic E-state index is 14.3. The van der Waals surface area contributed by atoms with Crippen LogP contribution in [0.3, 0.4) is 0 Å². The lowest BCUT2D eigenvalue weighted by molar-refractivity contribution is -0.385. The number of amides is 2. The SMILES string of the molecule is CCOC(=O)[C@H](CC(C)C)NC(=O)c1cc([N+](=O)[O-])c(C)c2c1Nc1c(c(C)c3oc(=O)c(C)nc3c1C(=O)N[C@H](CC(C)C)C(=O)OCC)O2. The number of aryl methyl sites for hydroxylation is 2. The summed E-state index contributed by atoms with van der Waals surface area (Å²) >= 11 is 0. The first kappa shape index (κ1) is 38.3. The van der Waals surface area contributed by atoms with Gasteiger partial charge >= 0.3 is 17.6 Å². The van der Waals surface area contributed by atoms with Crippen molar-refractivity contribution in [1.29, 1.82) is 0 Å². The molecule has 16 heteroatoms. The van der Waals surface area contributed by atoms with E-state index < -0.39 is 52.1 Å². The fourth-order valence-corrected chi connectivity index (χ4v) is 5.81. The Kier molecular flexibility index (Phi) is 11.7. The summed E-state index contributed by atoms with van der Waals surface area (Å²) in [5.41, 5.74) is -1.65. The lowest BCUT2D eigenvalue weighted by Gasteiger charge is -2.29. The van der Waals surface area contributed by atoms with Gasteiger partial charge in [-0.15, -0.1) is 0 Å². The van der Waals surface area contributed by atoms with Gasteiger partial charge in [-0.3, -0.25) is 19.7 Å². The molecule has 16 nitrogen and oxygen atoms in total. The van der Waals surface area contributed by atoms with E-state index in [-0.39, 0.29) is 99.8 Å². The van der Waals surface area contributed by atoms with Crippen LogP contribution in [0.4, 0.5) is 17.1 Å². The predicted molar refractivity (Wildman–Crippen MR) is 186 cm³/mol. The third kappa shape index (κ3) is 7.94. The van der Waals surface area contributed by atoms with Crippen molar-refractivity contribution in [2.24, 2.45) is 11.8 Å². The first-order valence-electron chi connectivity index (χ1n) is 16.7. The van der Waals surface area contributed by atoms with E-state index in [9.17, 15) is 34.1 Å². The minimum absolute atomic E-state index is 0.00988. The largest absolute Gasteiger partial charge is 0.464 e. The minimum Gasteiger partial charge on any atom is -0.464 e. The van der Waals surface area contributed by atoms with E-state index >= 15 is 0 Å². The number of benzene rings is 2. The van der Waals surface area contributed by atoms with Crippen molar-refractivity contribution in [3.8, 4) is 11.5 Å². The summed E-state index contributed by atoms with van der Waals surface area (Å²) in [6.45, 7) is 15.2. The number of hydrogen-bond acceptors (Lipinski definition) is 13. The molecule has 0 bridgehead atoms. The first-order valence-corrected chi connectivity index (χ1v) is 16.7. The molecule has 0 aliphatic carbocycles. The fraction of sp³-hybridized carbons (Fsp3) is 0.486. The van der Waals surface area contributed by atoms with Crippen LogP contribution in [0.15, 0.2) is 15.3 Å². The number of rotatable bonds is 13. The number of hydrogen-bond donors (Lipinski definition) is 3. The fourth-order valence-electron chi connectivity index (χ4n) is 5.81. The molecule has 2 aromatic carbocycles. The maximum Gasteiger partial charge on any atom is 0.357 e. The molecule has 1 aliphatic rings. The average molecular weight is 710 g/mol. The van der Waals surface area contributed by atoms with E-state index in [2.05, 4.69) is 20.9 Å². The minimum atomic E-state index is -1.08. The number of nitro benzene ring substituents is 1. The van der Waals surface area contributed by atoms with E-state index in [0.717, 1.165) is 6.07 Å². The number of nitrogens with zero attached hydrogens (tertiary/aromatic N) is 2. The van der Waals surface area contributed by atoms with Crippen molar-refractivity contribution in [3.63, 3.8) is 0 Å². The molecule has 3 aromatic rings. The smallest absolute Gasteiger partial charge is 0.357 e. The van der Waals surface area contributed by atoms with Gasteiger partial charge in [0.15, 0.2) is 17.1 Å². The molecule has 0 saturated carbocycles. The Balaban J connectivity index is 1.97. The molecule has 1 aromatic heterocycles. The van der Waals surface area contributed by atoms with Crippen molar-refractivity contribution >= 4 is 51.9 Å². The van der Waals surface area contributed by atoms with Crippen LogP contribution >= 0.6 is 0 Å². The van der Waals surface area contributed by atoms with E-state index in [1.807, 2.05) is 27.7 Å². The van der Waals surface area contributed by atoms with Crippen molar-refractivity contribution < 1.29 is 42.7 Å². The van der Waals surface area contributed by atoms with Crippen LogP contribution in [0.25, 0.3) is 11.1 Å². The van der Waals surface area contributed by atoms with Crippen LogP contribution in [-0.4, -0.2) is 59.0 Å². The molecular formula is C35H43N5O11. The van der Waals surface area contributed by atoms with Crippen LogP contribution in [0.5, 0.6) is 11.5 Å². The molecule has 2 amide bonds. The van der Waals surface area contributed by atoms with Gasteiger partial charge in [0.1, 0.15) is 23.3 Å². The zero-order valence-electron chi connectivity index (χ0n) is 30.1. The van der Waals surface area contributed by atoms with E-state index in [1.54, 1.807) is 20.8 Å². The number of fused-ring (bicyclic) bond motifs is 3. The molecule has 0 saturated heterocycles. The van der Waals surface area contributed by atoms with Crippen LogP contribution < -0.4 is 26.3 Å². The molecule has 0 spiro atoms. The molecule has 0 fully saturated rings. The molecular weight excluding hydrogens is 666 g/mol. The van der Waals surface area contributed by atoms with Crippen LogP contribution in [0.1, 0.15) is 91.9 Å². The highest BCUT2D eigenvalue weighted by atomic mass is 16.6. The lowest BCUT2D eigenvalue weighted by atomic mass is 9.97. The van der Waals surface area contributed by atoms with E-state index in [4.69, 9.17) is 18.6 Å². The van der Waals surface area contributed by atoms with Crippen molar-refractivity contribution in [2.45, 2.75) is 87.2 Å². The molecule has 2 atom stereocenters. The zero-order chi connectivity index (χ0) is 37.9. The van der Waals surface area contributed by atoms with Gasteiger partial charge in [0, 0.05) is 11.6 Å². The second kappa shape index (κ2) is 15.6. The number of anilines is 2. The van der Waals surface area contributed by atoms with Gasteiger partial charge in [-0.2, -0.15) is 0 Å². The lowest BCUT2D eigenvalue weighted by Crippen LogP contribution is -2.43. The molecule has 0 radical (unpaired) electrons. The third-order valence-electron chi connectivity index (χ3n) is 8.17. The summed E-state index contributed by atoms with van der Waals surface area (Å²) in [6, 6.07) is -1.09. The Morgan fingerprint density at radius 1 is 0.882 bits per heavy atom. The molecule has 274 valence electrons. The van der Waals surface area contributed by atoms with Gasteiger partial charge in [-0.05, 0) is 59.3 Å². The van der Waals surface area contributed by atoms with E-state index in [1.165, 1.54) is 13.8 Å². The normalized spacial score (nSPS) is 13.0. The number of esters is 2. The highest BCUT2D eigenvalue weighted by Crippen LogP contribution is 2.52. The molecule has 3 N–H and O–H groups in total. The second-order valence-corrected chi connectivity index (χ2v) is 13.0. The zero-order valence-corrected chi connectivity index (χ0v) is 30.1. The second-order valence-electron chi connectivity index (χ2n) is 13.0. The van der Waals surface area contributed by atoms with Crippen molar-refractivity contribution in [2.75, 3.05) is 18.5 Å². The van der Waals surface area contributed by atoms with Gasteiger partial charge in [0.05, 0.1) is 46.2 Å². The molecule has 1 aliphatic heterocycles. The molecule has 4 rings (SSSR count). The highest BCUT2D eigenvalue weighted by molar-refractivity contribution is 6.15. The predicted octanol–water partition coefficient (Wildman–Crippen LogP) is 5.29. The van der Waals surface area contributed by atoms with Crippen LogP contribution in [0.2, 0.25) is 0 Å². The molecule has 51 heavy (non-hydrogen) atoms. The Bertz CT molecular complexity index is 1970. The summed E-state index contributed by atoms with van der Waals surface area (Å²) in [5.74, 6) is -3.19. The maximum atomic E-state index is 14.3. The van der Waals surface area contributed by atoms with Gasteiger partial charge in [-0.25, -0.2) is 19.4 Å². The van der Waals surface area contributed by atoms with Crippen LogP contribution in [-0.2, 0) is 19.1 Å². The number of aromatic nitrogens is 1. The number of carbonyl (C=O) groups is 4. The monoisotopic (exact) mass is 709 g/mol. The topological polar surface area (TPSA) is 218 Å². The van der Waals surface area contributed by atoms with Gasteiger partial charge in [0.25, 0.3) is 17.5 Å². The summed E-state index contributed by atoms with van der Waals surface area (Å²) < 4.78 is 22.3. The Morgan fingerprint density at radius 2 is 1.41 bits per heavy atom. The standard InChI is InChI=1S/C35H43N5O11/c1-10-48-34(44)21(12-15(3)4)37-31(41)20-14-23(40(46)47)17(7)28-25(20)39-27-24(32(42)38-22(13-16(5)6)35(45)49-11-2)26-30(18(8)29(27)50-28)51-33(43)19(9)36-26/h14-16,21-22,39H,10-13H2,1-9H3,(H,37,41)(H,38,42)/t21-,22+/m0/s1. The number of ether oxygens (including phenoxy) is 3. The number of nitrogens with one attached hydrogen (secondary N) is 3. The Labute approximate surface area is 293 Å². The summed E-state index contributed by atoms with van der Waals surface area (Å²) in [4.78, 5) is 82.5. The summed E-state index contributed by atoms with van der Waals surface area (Å²) in [6.07, 6.45) is 0.452. The summed E-state index contributed by atoms with van der Waals surface area (Å²) in [5, 5.41) is 20.7. The van der Waals surface area contributed by atoms with Crippen LogP contribution in [0, 0.1) is 42.7 Å². The summed E-state index contributed by atoms with van der Waals surface area (Å²) in [7, 11) is 0. The Morgan fingerprint density at radius 3 is 1.92 bits per heavy atom. The molecule has 2 heterocycles. The number of nitro groups is 1. The number of carbonyl (C=O) groups excluding carboxylic acids is 4. The molecule has 0 unspecified atom stereocenters. The van der Waals surface area contributed by atoms with Gasteiger partial charge in [-0.1, -0.05) is 27.7 Å². The van der Waals surface area contributed by atoms with Gasteiger partial charge in [0.2, 0.25) is 0 Å².